The van der Waals surface area contributed by atoms with E-state index in [1.54, 1.807) is 0 Å². The molecule has 0 fully saturated rings. The first-order valence-electron chi connectivity index (χ1n) is 2.46. The zero-order chi connectivity index (χ0) is 6.69. The fourth-order valence-corrected chi connectivity index (χ4v) is 0.532. The molecule has 0 unspecified atom stereocenters. The molecule has 1 aliphatic rings. The van der Waals surface area contributed by atoms with Gasteiger partial charge in [-0.3, -0.25) is 4.99 Å². The highest BCUT2D eigenvalue weighted by atomic mass is 16.8. The molecule has 0 aromatic carbocycles. The first-order valence-corrected chi connectivity index (χ1v) is 2.46. The minimum absolute atomic E-state index is 0.520. The molecule has 1 aliphatic heterocycles. The monoisotopic (exact) mass is 130 g/mol. The zero-order valence-electron chi connectivity index (χ0n) is 4.65. The van der Waals surface area contributed by atoms with Crippen LogP contribution in [0.15, 0.2) is 4.99 Å². The van der Waals surface area contributed by atoms with Crippen LogP contribution >= 0.6 is 0 Å². The second-order valence-electron chi connectivity index (χ2n) is 1.52. The number of aliphatic imine (C=N–C) groups is 1. The smallest absolute Gasteiger partial charge is 0.448 e. The highest BCUT2D eigenvalue weighted by Crippen LogP contribution is 1.93. The van der Waals surface area contributed by atoms with E-state index in [4.69, 9.17) is 5.11 Å². The summed E-state index contributed by atoms with van der Waals surface area (Å²) in [4.78, 5) is 17.8. The van der Waals surface area contributed by atoms with E-state index in [9.17, 15) is 4.79 Å². The van der Waals surface area contributed by atoms with Crippen LogP contribution in [0.5, 0.6) is 0 Å². The molecule has 1 N–H and O–H groups in total. The minimum atomic E-state index is -1.30. The molecule has 0 atom stereocenters. The standard InChI is InChI=1S/C4H6N2O3/c7-4(8)9-6-2-1-5-3-6/h3H,1-2H2,(H,7,8). The lowest BCUT2D eigenvalue weighted by atomic mass is 10.7. The molecule has 0 aromatic heterocycles. The summed E-state index contributed by atoms with van der Waals surface area (Å²) < 4.78 is 0. The van der Waals surface area contributed by atoms with Gasteiger partial charge in [0.25, 0.3) is 0 Å². The van der Waals surface area contributed by atoms with Crippen molar-refractivity contribution in [3.63, 3.8) is 0 Å². The van der Waals surface area contributed by atoms with E-state index in [0.717, 1.165) is 0 Å². The summed E-state index contributed by atoms with van der Waals surface area (Å²) in [5.74, 6) is 0. The first-order chi connectivity index (χ1) is 4.29. The van der Waals surface area contributed by atoms with Gasteiger partial charge >= 0.3 is 6.16 Å². The van der Waals surface area contributed by atoms with Crippen molar-refractivity contribution in [2.75, 3.05) is 13.1 Å². The molecule has 1 rings (SSSR count). The topological polar surface area (TPSA) is 62.1 Å². The summed E-state index contributed by atoms with van der Waals surface area (Å²) in [6.45, 7) is 1.12. The molecule has 5 heteroatoms. The van der Waals surface area contributed by atoms with Gasteiger partial charge in [0, 0.05) is 0 Å². The van der Waals surface area contributed by atoms with Crippen LogP contribution < -0.4 is 0 Å². The summed E-state index contributed by atoms with van der Waals surface area (Å²) >= 11 is 0. The second kappa shape index (κ2) is 2.34. The van der Waals surface area contributed by atoms with Gasteiger partial charge in [0.1, 0.15) is 6.34 Å². The third-order valence-electron chi connectivity index (χ3n) is 0.855. The average Bonchev–Trinajstić information content (AvgIpc) is 2.15. The lowest BCUT2D eigenvalue weighted by molar-refractivity contribution is -0.0510. The van der Waals surface area contributed by atoms with Gasteiger partial charge < -0.3 is 9.94 Å². The molecule has 0 amide bonds. The number of hydrogen-bond donors (Lipinski definition) is 1. The average molecular weight is 130 g/mol. The zero-order valence-corrected chi connectivity index (χ0v) is 4.65. The molecular formula is C4H6N2O3. The lowest BCUT2D eigenvalue weighted by Crippen LogP contribution is -2.22. The molecule has 0 bridgehead atoms. The molecule has 5 nitrogen and oxygen atoms in total. The van der Waals surface area contributed by atoms with E-state index in [-0.39, 0.29) is 0 Å². The van der Waals surface area contributed by atoms with Crippen LogP contribution in [-0.2, 0) is 4.84 Å². The summed E-state index contributed by atoms with van der Waals surface area (Å²) in [7, 11) is 0. The number of carboxylic acid groups (broad SMARTS) is 1. The van der Waals surface area contributed by atoms with Crippen molar-refractivity contribution in [3.05, 3.63) is 0 Å². The fraction of sp³-hybridized carbons (Fsp3) is 0.500. The van der Waals surface area contributed by atoms with Crippen molar-refractivity contribution >= 4 is 12.5 Å². The van der Waals surface area contributed by atoms with Gasteiger partial charge in [-0.1, -0.05) is 0 Å². The SMILES string of the molecule is O=C(O)ON1C=NCC1. The summed E-state index contributed by atoms with van der Waals surface area (Å²) in [5.41, 5.74) is 0. The van der Waals surface area contributed by atoms with Gasteiger partial charge in [0.15, 0.2) is 0 Å². The Kier molecular flexibility index (Phi) is 1.53. The molecule has 0 saturated heterocycles. The Morgan fingerprint density at radius 3 is 3.11 bits per heavy atom. The van der Waals surface area contributed by atoms with Crippen LogP contribution in [0.3, 0.4) is 0 Å². The van der Waals surface area contributed by atoms with Crippen molar-refractivity contribution in [3.8, 4) is 0 Å². The number of rotatable bonds is 1. The molecule has 0 saturated carbocycles. The maximum Gasteiger partial charge on any atom is 0.530 e. The molecule has 0 spiro atoms. The number of hydrogen-bond acceptors (Lipinski definition) is 4. The van der Waals surface area contributed by atoms with E-state index < -0.39 is 6.16 Å². The van der Waals surface area contributed by atoms with Crippen molar-refractivity contribution in [1.29, 1.82) is 0 Å². The maximum atomic E-state index is 9.83. The minimum Gasteiger partial charge on any atom is -0.448 e. The van der Waals surface area contributed by atoms with Gasteiger partial charge in [-0.15, -0.1) is 0 Å². The Balaban J connectivity index is 2.28. The molecule has 50 valence electrons. The fourth-order valence-electron chi connectivity index (χ4n) is 0.532. The van der Waals surface area contributed by atoms with Crippen LogP contribution in [0, 0.1) is 0 Å². The highest BCUT2D eigenvalue weighted by molar-refractivity contribution is 5.61. The molecule has 0 radical (unpaired) electrons. The Hall–Kier alpha value is -1.26. The Bertz CT molecular complexity index is 145. The molecule has 0 aromatic rings. The van der Waals surface area contributed by atoms with E-state index in [1.165, 1.54) is 11.4 Å². The van der Waals surface area contributed by atoms with Gasteiger partial charge in [-0.2, -0.15) is 5.06 Å². The highest BCUT2D eigenvalue weighted by Gasteiger charge is 2.08. The van der Waals surface area contributed by atoms with Gasteiger partial charge in [-0.05, 0) is 0 Å². The first kappa shape index (κ1) is 5.87. The van der Waals surface area contributed by atoms with Crippen molar-refractivity contribution < 1.29 is 14.7 Å². The third kappa shape index (κ3) is 1.60. The lowest BCUT2D eigenvalue weighted by Gasteiger charge is -2.08. The van der Waals surface area contributed by atoms with Crippen LogP contribution in [0.1, 0.15) is 0 Å². The van der Waals surface area contributed by atoms with Crippen molar-refractivity contribution in [2.24, 2.45) is 4.99 Å². The molecular weight excluding hydrogens is 124 g/mol. The summed E-state index contributed by atoms with van der Waals surface area (Å²) in [6, 6.07) is 0. The Morgan fingerprint density at radius 2 is 2.67 bits per heavy atom. The van der Waals surface area contributed by atoms with Gasteiger partial charge in [-0.25, -0.2) is 4.79 Å². The third-order valence-corrected chi connectivity index (χ3v) is 0.855. The normalized spacial score (nSPS) is 16.2. The van der Waals surface area contributed by atoms with E-state index >= 15 is 0 Å². The van der Waals surface area contributed by atoms with Crippen LogP contribution in [0.4, 0.5) is 4.79 Å². The quantitative estimate of drug-likeness (QED) is 0.540. The van der Waals surface area contributed by atoms with E-state index in [0.29, 0.717) is 13.1 Å². The Morgan fingerprint density at radius 1 is 1.89 bits per heavy atom. The largest absolute Gasteiger partial charge is 0.530 e. The van der Waals surface area contributed by atoms with E-state index in [2.05, 4.69) is 9.83 Å². The molecule has 9 heavy (non-hydrogen) atoms. The van der Waals surface area contributed by atoms with Crippen LogP contribution in [0.25, 0.3) is 0 Å². The number of hydroxylamine groups is 2. The number of carbonyl (C=O) groups is 1. The Labute approximate surface area is 51.5 Å². The number of nitrogens with zero attached hydrogens (tertiary/aromatic N) is 2. The predicted molar refractivity (Wildman–Crippen MR) is 29.2 cm³/mol. The molecule has 1 heterocycles. The molecule has 0 aliphatic carbocycles. The van der Waals surface area contributed by atoms with Crippen LogP contribution in [-0.4, -0.2) is 35.8 Å². The van der Waals surface area contributed by atoms with Crippen molar-refractivity contribution in [2.45, 2.75) is 0 Å². The van der Waals surface area contributed by atoms with Crippen LogP contribution in [0.2, 0.25) is 0 Å². The van der Waals surface area contributed by atoms with Gasteiger partial charge in [0.05, 0.1) is 13.1 Å². The predicted octanol–water partition coefficient (Wildman–Crippen LogP) is -0.0601. The van der Waals surface area contributed by atoms with Gasteiger partial charge in [0.2, 0.25) is 0 Å². The summed E-state index contributed by atoms with van der Waals surface area (Å²) in [6.07, 6.45) is 0.0528. The summed E-state index contributed by atoms with van der Waals surface area (Å²) in [5, 5.41) is 9.22. The van der Waals surface area contributed by atoms with E-state index in [1.807, 2.05) is 0 Å². The second-order valence-corrected chi connectivity index (χ2v) is 1.52. The maximum absolute atomic E-state index is 9.83. The van der Waals surface area contributed by atoms with Crippen molar-refractivity contribution in [1.82, 2.24) is 5.06 Å².